The number of carbonyl (C=O) groups is 2. The molecule has 1 saturated carbocycles. The van der Waals surface area contributed by atoms with Crippen LogP contribution >= 0.6 is 0 Å². The minimum atomic E-state index is -0.399. The van der Waals surface area contributed by atoms with Crippen LogP contribution < -0.4 is 5.32 Å². The Balaban J connectivity index is 1.36. The molecule has 2 unspecified atom stereocenters. The first-order valence-electron chi connectivity index (χ1n) is 11.3. The summed E-state index contributed by atoms with van der Waals surface area (Å²) in [6, 6.07) is 5.70. The Morgan fingerprint density at radius 1 is 1.10 bits per heavy atom. The van der Waals surface area contributed by atoms with E-state index in [-0.39, 0.29) is 24.0 Å². The second-order valence-corrected chi connectivity index (χ2v) is 8.71. The predicted molar refractivity (Wildman–Crippen MR) is 112 cm³/mol. The molecule has 2 saturated heterocycles. The van der Waals surface area contributed by atoms with E-state index < -0.39 is 5.82 Å². The summed E-state index contributed by atoms with van der Waals surface area (Å²) in [5.74, 6) is -0.0691. The van der Waals surface area contributed by atoms with Crippen LogP contribution in [0.2, 0.25) is 0 Å². The lowest BCUT2D eigenvalue weighted by molar-refractivity contribution is -0.129. The number of carbonyl (C=O) groups excluding carboxylic acids is 2. The Bertz CT molecular complexity index is 739. The SMILES string of the molecule is O=C(NCC1CCCO1)C(C1CCCC1)N1CCN(C(=O)c2cccc(F)c2)CC1. The fourth-order valence-corrected chi connectivity index (χ4v) is 5.08. The number of nitrogens with zero attached hydrogens (tertiary/aromatic N) is 2. The number of nitrogens with one attached hydrogen (secondary N) is 1. The van der Waals surface area contributed by atoms with Crippen LogP contribution in [-0.4, -0.2) is 73.1 Å². The van der Waals surface area contributed by atoms with Gasteiger partial charge in [-0.3, -0.25) is 14.5 Å². The topological polar surface area (TPSA) is 61.9 Å². The standard InChI is InChI=1S/C23H32FN3O3/c24-19-8-3-7-18(15-19)23(29)27-12-10-26(11-13-27)21(17-5-1-2-6-17)22(28)25-16-20-9-4-14-30-20/h3,7-8,15,17,20-21H,1-2,4-6,9-14,16H2,(H,25,28). The van der Waals surface area contributed by atoms with Crippen LogP contribution in [0.4, 0.5) is 4.39 Å². The quantitative estimate of drug-likeness (QED) is 0.772. The maximum absolute atomic E-state index is 13.5. The van der Waals surface area contributed by atoms with Crippen LogP contribution in [0.3, 0.4) is 0 Å². The van der Waals surface area contributed by atoms with E-state index in [1.807, 2.05) is 0 Å². The Morgan fingerprint density at radius 3 is 2.53 bits per heavy atom. The van der Waals surface area contributed by atoms with Crippen LogP contribution in [-0.2, 0) is 9.53 Å². The van der Waals surface area contributed by atoms with Gasteiger partial charge in [-0.25, -0.2) is 4.39 Å². The fourth-order valence-electron chi connectivity index (χ4n) is 5.08. The van der Waals surface area contributed by atoms with Crippen molar-refractivity contribution in [3.8, 4) is 0 Å². The molecule has 0 aromatic heterocycles. The third-order valence-electron chi connectivity index (χ3n) is 6.71. The molecule has 0 bridgehead atoms. The minimum absolute atomic E-state index is 0.0994. The smallest absolute Gasteiger partial charge is 0.254 e. The molecule has 2 atom stereocenters. The van der Waals surface area contributed by atoms with Gasteiger partial charge in [0.15, 0.2) is 0 Å². The van der Waals surface area contributed by atoms with Gasteiger partial charge in [0.2, 0.25) is 5.91 Å². The summed E-state index contributed by atoms with van der Waals surface area (Å²) in [5.41, 5.74) is 0.380. The van der Waals surface area contributed by atoms with Gasteiger partial charge in [0.1, 0.15) is 5.82 Å². The largest absolute Gasteiger partial charge is 0.376 e. The van der Waals surface area contributed by atoms with Gasteiger partial charge in [0, 0.05) is 44.9 Å². The number of ether oxygens (including phenoxy) is 1. The second-order valence-electron chi connectivity index (χ2n) is 8.71. The molecule has 7 heteroatoms. The Kier molecular flexibility index (Phi) is 7.00. The maximum atomic E-state index is 13.5. The lowest BCUT2D eigenvalue weighted by Crippen LogP contribution is -2.58. The van der Waals surface area contributed by atoms with Crippen molar-refractivity contribution in [1.82, 2.24) is 15.1 Å². The van der Waals surface area contributed by atoms with E-state index in [9.17, 15) is 14.0 Å². The number of hydrogen-bond acceptors (Lipinski definition) is 4. The molecule has 1 aromatic carbocycles. The third-order valence-corrected chi connectivity index (χ3v) is 6.71. The van der Waals surface area contributed by atoms with Gasteiger partial charge in [-0.15, -0.1) is 0 Å². The van der Waals surface area contributed by atoms with Crippen LogP contribution in [0.5, 0.6) is 0 Å². The van der Waals surface area contributed by atoms with Crippen molar-refractivity contribution >= 4 is 11.8 Å². The van der Waals surface area contributed by atoms with E-state index in [1.165, 1.54) is 25.0 Å². The number of rotatable bonds is 6. The molecule has 1 N–H and O–H groups in total. The molecular weight excluding hydrogens is 385 g/mol. The zero-order valence-electron chi connectivity index (χ0n) is 17.5. The molecule has 3 fully saturated rings. The van der Waals surface area contributed by atoms with Crippen molar-refractivity contribution < 1.29 is 18.7 Å². The Morgan fingerprint density at radius 2 is 1.87 bits per heavy atom. The normalized spacial score (nSPS) is 24.2. The molecule has 164 valence electrons. The first-order valence-corrected chi connectivity index (χ1v) is 11.3. The Labute approximate surface area is 177 Å². The van der Waals surface area contributed by atoms with Crippen molar-refractivity contribution in [2.45, 2.75) is 50.7 Å². The van der Waals surface area contributed by atoms with Gasteiger partial charge in [-0.05, 0) is 49.8 Å². The summed E-state index contributed by atoms with van der Waals surface area (Å²) in [6.45, 7) is 3.80. The molecular formula is C23H32FN3O3. The summed E-state index contributed by atoms with van der Waals surface area (Å²) in [7, 11) is 0. The molecule has 2 amide bonds. The van der Waals surface area contributed by atoms with Gasteiger partial charge in [-0.2, -0.15) is 0 Å². The zero-order chi connectivity index (χ0) is 20.9. The molecule has 2 heterocycles. The predicted octanol–water partition coefficient (Wildman–Crippen LogP) is 2.44. The van der Waals surface area contributed by atoms with Gasteiger partial charge in [0.05, 0.1) is 12.1 Å². The van der Waals surface area contributed by atoms with Crippen molar-refractivity contribution in [2.24, 2.45) is 5.92 Å². The molecule has 0 spiro atoms. The number of halogens is 1. The first-order chi connectivity index (χ1) is 14.6. The summed E-state index contributed by atoms with van der Waals surface area (Å²) in [6.07, 6.45) is 6.74. The van der Waals surface area contributed by atoms with Crippen LogP contribution in [0, 0.1) is 11.7 Å². The summed E-state index contributed by atoms with van der Waals surface area (Å²) in [5, 5.41) is 3.14. The fraction of sp³-hybridized carbons (Fsp3) is 0.652. The molecule has 30 heavy (non-hydrogen) atoms. The van der Waals surface area contributed by atoms with E-state index in [4.69, 9.17) is 4.74 Å². The third kappa shape index (κ3) is 5.01. The summed E-state index contributed by atoms with van der Waals surface area (Å²) >= 11 is 0. The Hall–Kier alpha value is -1.99. The maximum Gasteiger partial charge on any atom is 0.254 e. The van der Waals surface area contributed by atoms with Crippen molar-refractivity contribution in [2.75, 3.05) is 39.3 Å². The number of amides is 2. The van der Waals surface area contributed by atoms with Gasteiger partial charge in [0.25, 0.3) is 5.91 Å². The van der Waals surface area contributed by atoms with Crippen molar-refractivity contribution in [1.29, 1.82) is 0 Å². The minimum Gasteiger partial charge on any atom is -0.376 e. The monoisotopic (exact) mass is 417 g/mol. The van der Waals surface area contributed by atoms with E-state index in [1.54, 1.807) is 17.0 Å². The van der Waals surface area contributed by atoms with Gasteiger partial charge in [-0.1, -0.05) is 18.9 Å². The molecule has 0 radical (unpaired) electrons. The van der Waals surface area contributed by atoms with Crippen LogP contribution in [0.15, 0.2) is 24.3 Å². The average Bonchev–Trinajstić information content (AvgIpc) is 3.47. The van der Waals surface area contributed by atoms with E-state index in [0.717, 1.165) is 32.3 Å². The first kappa shape index (κ1) is 21.2. The molecule has 2 aliphatic heterocycles. The molecule has 6 nitrogen and oxygen atoms in total. The van der Waals surface area contributed by atoms with Crippen molar-refractivity contribution in [3.63, 3.8) is 0 Å². The van der Waals surface area contributed by atoms with E-state index >= 15 is 0 Å². The van der Waals surface area contributed by atoms with E-state index in [2.05, 4.69) is 10.2 Å². The van der Waals surface area contributed by atoms with E-state index in [0.29, 0.717) is 44.2 Å². The van der Waals surface area contributed by atoms with Gasteiger partial charge >= 0.3 is 0 Å². The average molecular weight is 418 g/mol. The van der Waals surface area contributed by atoms with Crippen LogP contribution in [0.1, 0.15) is 48.9 Å². The lowest BCUT2D eigenvalue weighted by atomic mass is 9.94. The highest BCUT2D eigenvalue weighted by Gasteiger charge is 2.37. The molecule has 4 rings (SSSR count). The highest BCUT2D eigenvalue weighted by molar-refractivity contribution is 5.94. The lowest BCUT2D eigenvalue weighted by Gasteiger charge is -2.41. The second kappa shape index (κ2) is 9.88. The highest BCUT2D eigenvalue weighted by atomic mass is 19.1. The van der Waals surface area contributed by atoms with Crippen LogP contribution in [0.25, 0.3) is 0 Å². The zero-order valence-corrected chi connectivity index (χ0v) is 17.5. The number of benzene rings is 1. The molecule has 1 aliphatic carbocycles. The molecule has 3 aliphatic rings. The van der Waals surface area contributed by atoms with Gasteiger partial charge < -0.3 is 15.0 Å². The molecule has 1 aromatic rings. The number of piperazine rings is 1. The highest BCUT2D eigenvalue weighted by Crippen LogP contribution is 2.31. The van der Waals surface area contributed by atoms with Crippen molar-refractivity contribution in [3.05, 3.63) is 35.6 Å². The summed E-state index contributed by atoms with van der Waals surface area (Å²) in [4.78, 5) is 29.9. The number of hydrogen-bond donors (Lipinski definition) is 1. The summed E-state index contributed by atoms with van der Waals surface area (Å²) < 4.78 is 19.1.